The second-order valence-corrected chi connectivity index (χ2v) is 6.29. The molecule has 136 valence electrons. The third-order valence-electron chi connectivity index (χ3n) is 3.83. The van der Waals surface area contributed by atoms with Gasteiger partial charge < -0.3 is 9.47 Å². The molecule has 0 aliphatic carbocycles. The molecule has 0 amide bonds. The second kappa shape index (κ2) is 9.62. The highest BCUT2D eigenvalue weighted by atomic mass is 16.5. The standard InChI is InChI=1S/C23H26O3/c1-5-25-23(24)21-8-6-7-19(16-21)15-18(4)20-9-11-22(12-10-20)26-14-13-17(2)3/h6-13,15-16H,5,14H2,1-4H3. The number of allylic oxidation sites excluding steroid dienone is 2. The van der Waals surface area contributed by atoms with Crippen LogP contribution < -0.4 is 4.74 Å². The van der Waals surface area contributed by atoms with E-state index in [-0.39, 0.29) is 5.97 Å². The summed E-state index contributed by atoms with van der Waals surface area (Å²) in [6.07, 6.45) is 4.11. The number of esters is 1. The summed E-state index contributed by atoms with van der Waals surface area (Å²) in [6, 6.07) is 15.5. The first-order valence-electron chi connectivity index (χ1n) is 8.81. The van der Waals surface area contributed by atoms with Crippen molar-refractivity contribution >= 4 is 17.6 Å². The van der Waals surface area contributed by atoms with Gasteiger partial charge in [0, 0.05) is 0 Å². The molecule has 0 spiro atoms. The van der Waals surface area contributed by atoms with E-state index in [0.29, 0.717) is 18.8 Å². The van der Waals surface area contributed by atoms with Crippen molar-refractivity contribution in [3.05, 3.63) is 76.9 Å². The molecule has 0 heterocycles. The number of carbonyl (C=O) groups excluding carboxylic acids is 1. The molecule has 0 N–H and O–H groups in total. The van der Waals surface area contributed by atoms with Crippen LogP contribution in [0.2, 0.25) is 0 Å². The van der Waals surface area contributed by atoms with Gasteiger partial charge in [-0.15, -0.1) is 0 Å². The van der Waals surface area contributed by atoms with Gasteiger partial charge in [-0.2, -0.15) is 0 Å². The van der Waals surface area contributed by atoms with Crippen LogP contribution in [0.1, 0.15) is 49.2 Å². The highest BCUT2D eigenvalue weighted by Gasteiger charge is 2.06. The summed E-state index contributed by atoms with van der Waals surface area (Å²) in [7, 11) is 0. The monoisotopic (exact) mass is 350 g/mol. The number of hydrogen-bond donors (Lipinski definition) is 0. The van der Waals surface area contributed by atoms with Crippen LogP contribution in [0.3, 0.4) is 0 Å². The highest BCUT2D eigenvalue weighted by Crippen LogP contribution is 2.21. The van der Waals surface area contributed by atoms with Gasteiger partial charge in [-0.3, -0.25) is 0 Å². The first-order chi connectivity index (χ1) is 12.5. The molecular weight excluding hydrogens is 324 g/mol. The summed E-state index contributed by atoms with van der Waals surface area (Å²) in [5, 5.41) is 0. The Morgan fingerprint density at radius 2 is 1.73 bits per heavy atom. The Morgan fingerprint density at radius 3 is 2.38 bits per heavy atom. The quantitative estimate of drug-likeness (QED) is 0.361. The van der Waals surface area contributed by atoms with Crippen molar-refractivity contribution in [2.75, 3.05) is 13.2 Å². The Kier molecular flexibility index (Phi) is 7.22. The molecule has 0 bridgehead atoms. The van der Waals surface area contributed by atoms with Crippen LogP contribution in [-0.2, 0) is 4.74 Å². The zero-order valence-corrected chi connectivity index (χ0v) is 15.9. The van der Waals surface area contributed by atoms with Crippen LogP contribution in [0.4, 0.5) is 0 Å². The molecule has 0 saturated carbocycles. The molecule has 3 heteroatoms. The lowest BCUT2D eigenvalue weighted by atomic mass is 10.0. The average Bonchev–Trinajstić information content (AvgIpc) is 2.62. The fraction of sp³-hybridized carbons (Fsp3) is 0.261. The molecule has 3 nitrogen and oxygen atoms in total. The van der Waals surface area contributed by atoms with Crippen LogP contribution in [0.15, 0.2) is 60.2 Å². The molecule has 0 atom stereocenters. The van der Waals surface area contributed by atoms with Crippen molar-refractivity contribution in [3.8, 4) is 5.75 Å². The zero-order chi connectivity index (χ0) is 18.9. The maximum absolute atomic E-state index is 11.9. The Bertz CT molecular complexity index is 794. The van der Waals surface area contributed by atoms with Crippen molar-refractivity contribution in [1.82, 2.24) is 0 Å². The summed E-state index contributed by atoms with van der Waals surface area (Å²) in [5.41, 5.74) is 5.00. The lowest BCUT2D eigenvalue weighted by molar-refractivity contribution is 0.0526. The Hall–Kier alpha value is -2.81. The van der Waals surface area contributed by atoms with E-state index in [9.17, 15) is 4.79 Å². The second-order valence-electron chi connectivity index (χ2n) is 6.29. The average molecular weight is 350 g/mol. The van der Waals surface area contributed by atoms with E-state index >= 15 is 0 Å². The van der Waals surface area contributed by atoms with E-state index in [0.717, 1.165) is 22.4 Å². The molecule has 0 aromatic heterocycles. The molecular formula is C23H26O3. The smallest absolute Gasteiger partial charge is 0.338 e. The van der Waals surface area contributed by atoms with Gasteiger partial charge in [0.2, 0.25) is 0 Å². The number of hydrogen-bond acceptors (Lipinski definition) is 3. The largest absolute Gasteiger partial charge is 0.490 e. The van der Waals surface area contributed by atoms with Crippen LogP contribution in [0.25, 0.3) is 11.6 Å². The SMILES string of the molecule is CCOC(=O)c1cccc(C=C(C)c2ccc(OCC=C(C)C)cc2)c1. The van der Waals surface area contributed by atoms with Crippen molar-refractivity contribution in [2.45, 2.75) is 27.7 Å². The number of rotatable bonds is 7. The van der Waals surface area contributed by atoms with E-state index in [1.807, 2.05) is 42.5 Å². The number of benzene rings is 2. The van der Waals surface area contributed by atoms with Gasteiger partial charge in [0.1, 0.15) is 12.4 Å². The number of ether oxygens (including phenoxy) is 2. The molecule has 0 unspecified atom stereocenters. The highest BCUT2D eigenvalue weighted by molar-refractivity contribution is 5.91. The fourth-order valence-corrected chi connectivity index (χ4v) is 2.42. The predicted octanol–water partition coefficient (Wildman–Crippen LogP) is 5.77. The van der Waals surface area contributed by atoms with Crippen molar-refractivity contribution in [1.29, 1.82) is 0 Å². The summed E-state index contributed by atoms with van der Waals surface area (Å²) >= 11 is 0. The normalized spacial score (nSPS) is 11.0. The minimum atomic E-state index is -0.293. The summed E-state index contributed by atoms with van der Waals surface area (Å²) in [4.78, 5) is 11.9. The molecule has 2 aromatic rings. The van der Waals surface area contributed by atoms with Gasteiger partial charge in [-0.1, -0.05) is 35.9 Å². The van der Waals surface area contributed by atoms with E-state index in [1.54, 1.807) is 13.0 Å². The van der Waals surface area contributed by atoms with Gasteiger partial charge in [-0.05, 0) is 74.7 Å². The molecule has 0 aliphatic rings. The Morgan fingerprint density at radius 1 is 1.00 bits per heavy atom. The minimum Gasteiger partial charge on any atom is -0.490 e. The maximum atomic E-state index is 11.9. The van der Waals surface area contributed by atoms with E-state index in [1.165, 1.54) is 5.57 Å². The first kappa shape index (κ1) is 19.5. The molecule has 26 heavy (non-hydrogen) atoms. The van der Waals surface area contributed by atoms with Gasteiger partial charge in [0.05, 0.1) is 12.2 Å². The first-order valence-corrected chi connectivity index (χ1v) is 8.81. The van der Waals surface area contributed by atoms with E-state index in [2.05, 4.69) is 32.9 Å². The van der Waals surface area contributed by atoms with E-state index in [4.69, 9.17) is 9.47 Å². The zero-order valence-electron chi connectivity index (χ0n) is 15.9. The topological polar surface area (TPSA) is 35.5 Å². The lowest BCUT2D eigenvalue weighted by Gasteiger charge is -2.07. The molecule has 0 saturated heterocycles. The Balaban J connectivity index is 2.10. The van der Waals surface area contributed by atoms with Crippen molar-refractivity contribution in [2.24, 2.45) is 0 Å². The summed E-state index contributed by atoms with van der Waals surface area (Å²) in [6.45, 7) is 8.92. The van der Waals surface area contributed by atoms with Crippen LogP contribution in [0.5, 0.6) is 5.75 Å². The van der Waals surface area contributed by atoms with Crippen LogP contribution >= 0.6 is 0 Å². The summed E-state index contributed by atoms with van der Waals surface area (Å²) in [5.74, 6) is 0.557. The third-order valence-corrected chi connectivity index (χ3v) is 3.83. The lowest BCUT2D eigenvalue weighted by Crippen LogP contribution is -2.04. The van der Waals surface area contributed by atoms with Crippen LogP contribution in [0, 0.1) is 0 Å². The predicted molar refractivity (Wildman–Crippen MR) is 107 cm³/mol. The van der Waals surface area contributed by atoms with E-state index < -0.39 is 0 Å². The molecule has 2 aromatic carbocycles. The van der Waals surface area contributed by atoms with Gasteiger partial charge in [0.15, 0.2) is 0 Å². The van der Waals surface area contributed by atoms with Crippen molar-refractivity contribution < 1.29 is 14.3 Å². The molecule has 0 radical (unpaired) electrons. The van der Waals surface area contributed by atoms with Crippen LogP contribution in [-0.4, -0.2) is 19.2 Å². The van der Waals surface area contributed by atoms with Gasteiger partial charge in [-0.25, -0.2) is 4.79 Å². The molecule has 0 aliphatic heterocycles. The fourth-order valence-electron chi connectivity index (χ4n) is 2.42. The molecule has 2 rings (SSSR count). The van der Waals surface area contributed by atoms with Gasteiger partial charge >= 0.3 is 5.97 Å². The Labute approximate surface area is 156 Å². The van der Waals surface area contributed by atoms with Crippen molar-refractivity contribution in [3.63, 3.8) is 0 Å². The summed E-state index contributed by atoms with van der Waals surface area (Å²) < 4.78 is 10.7. The third kappa shape index (κ3) is 5.92. The molecule has 0 fully saturated rings. The number of carbonyl (C=O) groups is 1. The minimum absolute atomic E-state index is 0.293. The van der Waals surface area contributed by atoms with Gasteiger partial charge in [0.25, 0.3) is 0 Å². The maximum Gasteiger partial charge on any atom is 0.338 e.